The Morgan fingerprint density at radius 1 is 1.04 bits per heavy atom. The van der Waals surface area contributed by atoms with Gasteiger partial charge in [-0.3, -0.25) is 14.4 Å². The van der Waals surface area contributed by atoms with Gasteiger partial charge >= 0.3 is 0 Å². The number of nitrogens with zero attached hydrogens (tertiary/aromatic N) is 2. The van der Waals surface area contributed by atoms with Crippen molar-refractivity contribution >= 4 is 28.3 Å². The zero-order chi connectivity index (χ0) is 18.8. The molecule has 0 aliphatic heterocycles. The lowest BCUT2D eigenvalue weighted by molar-refractivity contribution is 0.0997. The fourth-order valence-corrected chi connectivity index (χ4v) is 2.63. The minimum absolute atomic E-state index is 0.160. The highest BCUT2D eigenvalue weighted by Gasteiger charge is 2.18. The Morgan fingerprint density at radius 2 is 1.65 bits per heavy atom. The van der Waals surface area contributed by atoms with E-state index in [9.17, 15) is 14.4 Å². The number of nitrogens with one attached hydrogen (secondary N) is 1. The largest absolute Gasteiger partial charge is 0.366 e. The molecule has 0 spiro atoms. The van der Waals surface area contributed by atoms with Crippen LogP contribution in [0.15, 0.2) is 53.3 Å². The number of amides is 2. The molecule has 0 aliphatic carbocycles. The fraction of sp³-hybridized carbons (Fsp3) is 0.158. The number of primary amides is 1. The molecule has 0 saturated heterocycles. The maximum Gasteiger partial charge on any atom is 0.276 e. The number of hydrogen-bond donors (Lipinski definition) is 2. The Labute approximate surface area is 149 Å². The van der Waals surface area contributed by atoms with Gasteiger partial charge in [-0.1, -0.05) is 18.2 Å². The monoisotopic (exact) mass is 350 g/mol. The zero-order valence-corrected chi connectivity index (χ0v) is 14.4. The van der Waals surface area contributed by atoms with Crippen molar-refractivity contribution in [3.05, 3.63) is 70.1 Å². The fourth-order valence-electron chi connectivity index (χ4n) is 2.63. The first kappa shape index (κ1) is 17.3. The van der Waals surface area contributed by atoms with Crippen molar-refractivity contribution < 1.29 is 9.59 Å². The second kappa shape index (κ2) is 6.79. The van der Waals surface area contributed by atoms with Crippen LogP contribution in [-0.4, -0.2) is 21.6 Å². The molecule has 7 nitrogen and oxygen atoms in total. The summed E-state index contributed by atoms with van der Waals surface area (Å²) in [5.74, 6) is -0.984. The van der Waals surface area contributed by atoms with Gasteiger partial charge in [0.1, 0.15) is 0 Å². The summed E-state index contributed by atoms with van der Waals surface area (Å²) in [7, 11) is 0. The third kappa shape index (κ3) is 3.19. The highest BCUT2D eigenvalue weighted by molar-refractivity contribution is 6.11. The predicted molar refractivity (Wildman–Crippen MR) is 99.3 cm³/mol. The number of carbonyl (C=O) groups is 2. The number of fused-ring (bicyclic) bond motifs is 1. The molecule has 0 atom stereocenters. The maximum absolute atomic E-state index is 12.8. The smallest absolute Gasteiger partial charge is 0.276 e. The summed E-state index contributed by atoms with van der Waals surface area (Å²) in [6, 6.07) is 12.9. The first-order valence-electron chi connectivity index (χ1n) is 8.11. The average molecular weight is 350 g/mol. The maximum atomic E-state index is 12.8. The first-order chi connectivity index (χ1) is 12.4. The van der Waals surface area contributed by atoms with E-state index in [0.717, 1.165) is 0 Å². The highest BCUT2D eigenvalue weighted by atomic mass is 16.2. The first-order valence-corrected chi connectivity index (χ1v) is 8.11. The molecular weight excluding hydrogens is 332 g/mol. The molecule has 0 saturated carbocycles. The molecule has 0 unspecified atom stereocenters. The second-order valence-corrected chi connectivity index (χ2v) is 6.13. The molecule has 0 aliphatic rings. The Balaban J connectivity index is 2.04. The van der Waals surface area contributed by atoms with Crippen LogP contribution in [-0.2, 0) is 0 Å². The standard InChI is InChI=1S/C19H18N4O3/c1-11(2)23-19(26)15-6-4-3-5-14(15)16(22-23)18(25)21-13-9-7-12(8-10-13)17(20)24/h3-11H,1-2H3,(H2,20,24)(H,21,25). The van der Waals surface area contributed by atoms with Gasteiger partial charge in [0.05, 0.1) is 11.4 Å². The summed E-state index contributed by atoms with van der Waals surface area (Å²) in [4.78, 5) is 36.4. The molecule has 2 amide bonds. The van der Waals surface area contributed by atoms with Crippen LogP contribution in [0.4, 0.5) is 5.69 Å². The third-order valence-corrected chi connectivity index (χ3v) is 3.96. The average Bonchev–Trinajstić information content (AvgIpc) is 2.62. The lowest BCUT2D eigenvalue weighted by Crippen LogP contribution is -2.28. The summed E-state index contributed by atoms with van der Waals surface area (Å²) in [6.07, 6.45) is 0. The second-order valence-electron chi connectivity index (χ2n) is 6.13. The molecule has 0 radical (unpaired) electrons. The molecule has 1 heterocycles. The molecule has 0 bridgehead atoms. The van der Waals surface area contributed by atoms with Crippen molar-refractivity contribution in [3.63, 3.8) is 0 Å². The van der Waals surface area contributed by atoms with Gasteiger partial charge in [-0.2, -0.15) is 5.10 Å². The molecule has 3 N–H and O–H groups in total. The van der Waals surface area contributed by atoms with Gasteiger partial charge in [0.15, 0.2) is 5.69 Å². The van der Waals surface area contributed by atoms with Crippen molar-refractivity contribution in [2.75, 3.05) is 5.32 Å². The van der Waals surface area contributed by atoms with Crippen LogP contribution >= 0.6 is 0 Å². The van der Waals surface area contributed by atoms with Gasteiger partial charge in [-0.25, -0.2) is 4.68 Å². The van der Waals surface area contributed by atoms with E-state index in [0.29, 0.717) is 22.0 Å². The van der Waals surface area contributed by atoms with Gasteiger partial charge in [-0.05, 0) is 44.2 Å². The lowest BCUT2D eigenvalue weighted by Gasteiger charge is -2.13. The van der Waals surface area contributed by atoms with Crippen molar-refractivity contribution in [2.24, 2.45) is 5.73 Å². The quantitative estimate of drug-likeness (QED) is 0.753. The Bertz CT molecular complexity index is 1050. The Hall–Kier alpha value is -3.48. The zero-order valence-electron chi connectivity index (χ0n) is 14.4. The molecule has 1 aromatic heterocycles. The molecular formula is C19H18N4O3. The van der Waals surface area contributed by atoms with Crippen LogP contribution in [0.2, 0.25) is 0 Å². The van der Waals surface area contributed by atoms with E-state index in [1.165, 1.54) is 16.8 Å². The van der Waals surface area contributed by atoms with E-state index in [1.807, 2.05) is 13.8 Å². The van der Waals surface area contributed by atoms with E-state index >= 15 is 0 Å². The number of nitrogens with two attached hydrogens (primary N) is 1. The van der Waals surface area contributed by atoms with Crippen LogP contribution < -0.4 is 16.6 Å². The SMILES string of the molecule is CC(C)n1nc(C(=O)Nc2ccc(C(N)=O)cc2)c2ccccc2c1=O. The van der Waals surface area contributed by atoms with Gasteiger partial charge in [0.2, 0.25) is 5.91 Å². The van der Waals surface area contributed by atoms with E-state index in [4.69, 9.17) is 5.73 Å². The molecule has 0 fully saturated rings. The predicted octanol–water partition coefficient (Wildman–Crippen LogP) is 2.33. The van der Waals surface area contributed by atoms with E-state index in [1.54, 1.807) is 36.4 Å². The third-order valence-electron chi connectivity index (χ3n) is 3.96. The number of rotatable bonds is 4. The molecule has 132 valence electrons. The van der Waals surface area contributed by atoms with Crippen LogP contribution in [0, 0.1) is 0 Å². The normalized spacial score (nSPS) is 10.9. The van der Waals surface area contributed by atoms with Crippen LogP contribution in [0.25, 0.3) is 10.8 Å². The van der Waals surface area contributed by atoms with E-state index in [2.05, 4.69) is 10.4 Å². The Kier molecular flexibility index (Phi) is 4.53. The van der Waals surface area contributed by atoms with Crippen LogP contribution in [0.5, 0.6) is 0 Å². The minimum atomic E-state index is -0.542. The topological polar surface area (TPSA) is 107 Å². The van der Waals surface area contributed by atoms with Crippen molar-refractivity contribution in [2.45, 2.75) is 19.9 Å². The number of hydrogen-bond acceptors (Lipinski definition) is 4. The van der Waals surface area contributed by atoms with E-state index < -0.39 is 11.8 Å². The van der Waals surface area contributed by atoms with Gasteiger partial charge in [0, 0.05) is 16.6 Å². The Morgan fingerprint density at radius 3 is 2.23 bits per heavy atom. The summed E-state index contributed by atoms with van der Waals surface area (Å²) in [5.41, 5.74) is 5.97. The molecule has 7 heteroatoms. The highest BCUT2D eigenvalue weighted by Crippen LogP contribution is 2.17. The molecule has 26 heavy (non-hydrogen) atoms. The molecule has 3 aromatic rings. The molecule has 3 rings (SSSR count). The summed E-state index contributed by atoms with van der Waals surface area (Å²) in [5, 5.41) is 7.92. The summed E-state index contributed by atoms with van der Waals surface area (Å²) in [6.45, 7) is 3.65. The van der Waals surface area contributed by atoms with Crippen molar-refractivity contribution in [1.82, 2.24) is 9.78 Å². The van der Waals surface area contributed by atoms with Crippen LogP contribution in [0.3, 0.4) is 0 Å². The van der Waals surface area contributed by atoms with Crippen LogP contribution in [0.1, 0.15) is 40.7 Å². The summed E-state index contributed by atoms with van der Waals surface area (Å²) >= 11 is 0. The number of anilines is 1. The van der Waals surface area contributed by atoms with E-state index in [-0.39, 0.29) is 17.3 Å². The number of carbonyl (C=O) groups excluding carboxylic acids is 2. The lowest BCUT2D eigenvalue weighted by atomic mass is 10.1. The minimum Gasteiger partial charge on any atom is -0.366 e. The number of aromatic nitrogens is 2. The number of benzene rings is 2. The van der Waals surface area contributed by atoms with Gasteiger partial charge < -0.3 is 11.1 Å². The summed E-state index contributed by atoms with van der Waals surface area (Å²) < 4.78 is 1.30. The van der Waals surface area contributed by atoms with Crippen molar-refractivity contribution in [3.8, 4) is 0 Å². The van der Waals surface area contributed by atoms with Gasteiger partial charge in [0.25, 0.3) is 11.5 Å². The molecule has 2 aromatic carbocycles. The van der Waals surface area contributed by atoms with Crippen molar-refractivity contribution in [1.29, 1.82) is 0 Å². The van der Waals surface area contributed by atoms with Gasteiger partial charge in [-0.15, -0.1) is 0 Å².